The van der Waals surface area contributed by atoms with Gasteiger partial charge < -0.3 is 5.32 Å². The highest BCUT2D eigenvalue weighted by molar-refractivity contribution is 7.99. The highest BCUT2D eigenvalue weighted by Crippen LogP contribution is 2.36. The first kappa shape index (κ1) is 14.9. The van der Waals surface area contributed by atoms with Gasteiger partial charge in [-0.05, 0) is 48.6 Å². The number of fused-ring (bicyclic) bond motifs is 1. The summed E-state index contributed by atoms with van der Waals surface area (Å²) in [5.74, 6) is 2.06. The van der Waals surface area contributed by atoms with Crippen LogP contribution in [0, 0.1) is 5.92 Å². The molecular weight excluding hydrogens is 250 g/mol. The zero-order valence-corrected chi connectivity index (χ0v) is 13.3. The zero-order chi connectivity index (χ0) is 13.7. The van der Waals surface area contributed by atoms with Gasteiger partial charge in [-0.25, -0.2) is 0 Å². The van der Waals surface area contributed by atoms with E-state index in [0.29, 0.717) is 6.04 Å². The number of hydrogen-bond acceptors (Lipinski definition) is 2. The van der Waals surface area contributed by atoms with Crippen LogP contribution in [-0.4, -0.2) is 17.5 Å². The Kier molecular flexibility index (Phi) is 5.77. The van der Waals surface area contributed by atoms with Crippen LogP contribution in [0.15, 0.2) is 24.3 Å². The number of rotatable bonds is 5. The molecule has 106 valence electrons. The van der Waals surface area contributed by atoms with Crippen molar-refractivity contribution in [3.63, 3.8) is 0 Å². The topological polar surface area (TPSA) is 12.0 Å². The maximum absolute atomic E-state index is 3.73. The van der Waals surface area contributed by atoms with Crippen LogP contribution in [-0.2, 0) is 6.42 Å². The van der Waals surface area contributed by atoms with Gasteiger partial charge in [-0.1, -0.05) is 45.0 Å². The third-order valence-corrected chi connectivity index (χ3v) is 5.56. The number of nitrogens with one attached hydrogen (secondary N) is 1. The molecule has 0 bridgehead atoms. The lowest BCUT2D eigenvalue weighted by atomic mass is 9.99. The van der Waals surface area contributed by atoms with E-state index in [0.717, 1.165) is 17.7 Å². The van der Waals surface area contributed by atoms with Gasteiger partial charge in [0.1, 0.15) is 0 Å². The standard InChI is InChI=1S/C17H27NS/c1-4-18-17-15-10-6-5-8-14(15)9-7-11-16(17)19-12-13(2)3/h5-6,8,10,13,16-18H,4,7,9,11-12H2,1-3H3. The van der Waals surface area contributed by atoms with Gasteiger partial charge in [0.15, 0.2) is 0 Å². The van der Waals surface area contributed by atoms with E-state index >= 15 is 0 Å². The Balaban J connectivity index is 2.19. The minimum Gasteiger partial charge on any atom is -0.309 e. The molecule has 0 saturated carbocycles. The molecule has 2 unspecified atom stereocenters. The fourth-order valence-corrected chi connectivity index (χ4v) is 4.28. The first-order valence-electron chi connectivity index (χ1n) is 7.65. The van der Waals surface area contributed by atoms with E-state index in [1.807, 2.05) is 0 Å². The van der Waals surface area contributed by atoms with Crippen molar-refractivity contribution in [1.82, 2.24) is 5.32 Å². The molecule has 2 atom stereocenters. The maximum atomic E-state index is 3.73. The molecule has 0 aromatic heterocycles. The molecule has 0 amide bonds. The molecule has 1 aliphatic carbocycles. The highest BCUT2D eigenvalue weighted by atomic mass is 32.2. The second-order valence-corrected chi connectivity index (χ2v) is 7.16. The Morgan fingerprint density at radius 2 is 2.11 bits per heavy atom. The summed E-state index contributed by atoms with van der Waals surface area (Å²) in [5.41, 5.74) is 3.10. The summed E-state index contributed by atoms with van der Waals surface area (Å²) in [5, 5.41) is 4.46. The van der Waals surface area contributed by atoms with Gasteiger partial charge in [0, 0.05) is 11.3 Å². The number of aryl methyl sites for hydroxylation is 1. The van der Waals surface area contributed by atoms with Gasteiger partial charge in [-0.15, -0.1) is 0 Å². The van der Waals surface area contributed by atoms with Gasteiger partial charge in [0.05, 0.1) is 0 Å². The van der Waals surface area contributed by atoms with Crippen molar-refractivity contribution in [1.29, 1.82) is 0 Å². The Bertz CT molecular complexity index is 389. The molecule has 1 aliphatic rings. The van der Waals surface area contributed by atoms with Crippen LogP contribution in [0.3, 0.4) is 0 Å². The molecule has 1 N–H and O–H groups in total. The average Bonchev–Trinajstić information content (AvgIpc) is 2.57. The highest BCUT2D eigenvalue weighted by Gasteiger charge is 2.27. The van der Waals surface area contributed by atoms with Gasteiger partial charge in [-0.3, -0.25) is 0 Å². The van der Waals surface area contributed by atoms with Crippen molar-refractivity contribution in [2.75, 3.05) is 12.3 Å². The van der Waals surface area contributed by atoms with Crippen molar-refractivity contribution in [2.24, 2.45) is 5.92 Å². The van der Waals surface area contributed by atoms with Crippen LogP contribution >= 0.6 is 11.8 Å². The summed E-state index contributed by atoms with van der Waals surface area (Å²) in [7, 11) is 0. The maximum Gasteiger partial charge on any atom is 0.0443 e. The molecule has 0 aliphatic heterocycles. The minimum absolute atomic E-state index is 0.535. The normalized spacial score (nSPS) is 23.2. The minimum atomic E-state index is 0.535. The molecule has 2 heteroatoms. The molecule has 2 rings (SSSR count). The van der Waals surface area contributed by atoms with Crippen molar-refractivity contribution in [3.05, 3.63) is 35.4 Å². The number of thioether (sulfide) groups is 1. The largest absolute Gasteiger partial charge is 0.309 e. The average molecular weight is 277 g/mol. The molecule has 1 nitrogen and oxygen atoms in total. The second kappa shape index (κ2) is 7.35. The third-order valence-electron chi connectivity index (χ3n) is 3.76. The van der Waals surface area contributed by atoms with Gasteiger partial charge in [0.25, 0.3) is 0 Å². The summed E-state index contributed by atoms with van der Waals surface area (Å²) in [6.07, 6.45) is 3.91. The van der Waals surface area contributed by atoms with Crippen molar-refractivity contribution < 1.29 is 0 Å². The molecule has 0 fully saturated rings. The lowest BCUT2D eigenvalue weighted by Crippen LogP contribution is -2.30. The Labute approximate surface area is 122 Å². The van der Waals surface area contributed by atoms with Crippen LogP contribution < -0.4 is 5.32 Å². The molecule has 0 spiro atoms. The van der Waals surface area contributed by atoms with E-state index in [2.05, 4.69) is 62.1 Å². The molecule has 19 heavy (non-hydrogen) atoms. The summed E-state index contributed by atoms with van der Waals surface area (Å²) < 4.78 is 0. The van der Waals surface area contributed by atoms with E-state index in [-0.39, 0.29) is 0 Å². The number of benzene rings is 1. The molecule has 0 saturated heterocycles. The summed E-state index contributed by atoms with van der Waals surface area (Å²) in [4.78, 5) is 0. The van der Waals surface area contributed by atoms with Gasteiger partial charge >= 0.3 is 0 Å². The number of hydrogen-bond donors (Lipinski definition) is 1. The van der Waals surface area contributed by atoms with E-state index < -0.39 is 0 Å². The van der Waals surface area contributed by atoms with Crippen molar-refractivity contribution in [3.8, 4) is 0 Å². The Morgan fingerprint density at radius 3 is 2.84 bits per heavy atom. The predicted octanol–water partition coefficient (Wildman–Crippen LogP) is 4.43. The van der Waals surface area contributed by atoms with Crippen molar-refractivity contribution >= 4 is 11.8 Å². The van der Waals surface area contributed by atoms with Crippen LogP contribution in [0.4, 0.5) is 0 Å². The summed E-state index contributed by atoms with van der Waals surface area (Å²) in [6.45, 7) is 7.91. The lowest BCUT2D eigenvalue weighted by molar-refractivity contribution is 0.515. The quantitative estimate of drug-likeness (QED) is 0.799. The van der Waals surface area contributed by atoms with Crippen LogP contribution in [0.5, 0.6) is 0 Å². The predicted molar refractivity (Wildman–Crippen MR) is 86.9 cm³/mol. The molecule has 1 aromatic carbocycles. The second-order valence-electron chi connectivity index (χ2n) is 5.89. The first-order chi connectivity index (χ1) is 9.22. The zero-order valence-electron chi connectivity index (χ0n) is 12.5. The SMILES string of the molecule is CCNC1c2ccccc2CCCC1SCC(C)C. The monoisotopic (exact) mass is 277 g/mol. The van der Waals surface area contributed by atoms with Crippen LogP contribution in [0.25, 0.3) is 0 Å². The Hall–Kier alpha value is -0.470. The smallest absolute Gasteiger partial charge is 0.0443 e. The third kappa shape index (κ3) is 4.00. The van der Waals surface area contributed by atoms with Gasteiger partial charge in [0.2, 0.25) is 0 Å². The lowest BCUT2D eigenvalue weighted by Gasteiger charge is -2.27. The fraction of sp³-hybridized carbons (Fsp3) is 0.647. The summed E-state index contributed by atoms with van der Waals surface area (Å²) >= 11 is 2.17. The molecular formula is C17H27NS. The Morgan fingerprint density at radius 1 is 1.32 bits per heavy atom. The van der Waals surface area contributed by atoms with Gasteiger partial charge in [-0.2, -0.15) is 11.8 Å². The van der Waals surface area contributed by atoms with E-state index in [1.54, 1.807) is 11.1 Å². The molecule has 0 heterocycles. The fourth-order valence-electron chi connectivity index (χ4n) is 2.88. The van der Waals surface area contributed by atoms with E-state index in [9.17, 15) is 0 Å². The molecule has 1 aromatic rings. The van der Waals surface area contributed by atoms with Crippen LogP contribution in [0.2, 0.25) is 0 Å². The molecule has 0 radical (unpaired) electrons. The van der Waals surface area contributed by atoms with E-state index in [4.69, 9.17) is 0 Å². The van der Waals surface area contributed by atoms with Crippen LogP contribution in [0.1, 0.15) is 50.8 Å². The van der Waals surface area contributed by atoms with Crippen molar-refractivity contribution in [2.45, 2.75) is 51.3 Å². The van der Waals surface area contributed by atoms with E-state index in [1.165, 1.54) is 25.0 Å². The summed E-state index contributed by atoms with van der Waals surface area (Å²) in [6, 6.07) is 9.56. The first-order valence-corrected chi connectivity index (χ1v) is 8.70.